The number of sulfone groups is 1. The molecule has 0 saturated carbocycles. The molecule has 90 valence electrons. The van der Waals surface area contributed by atoms with Crippen molar-refractivity contribution in [2.45, 2.75) is 11.8 Å². The first kappa shape index (κ1) is 11.7. The molecule has 2 rings (SSSR count). The summed E-state index contributed by atoms with van der Waals surface area (Å²) in [6.07, 6.45) is 1.20. The quantitative estimate of drug-likeness (QED) is 0.843. The molecule has 1 aromatic heterocycles. The first-order chi connectivity index (χ1) is 7.88. The minimum atomic E-state index is -3.18. The fraction of sp³-hybridized carbons (Fsp3) is 0.182. The number of nitrogen functional groups attached to an aromatic ring is 1. The molecule has 1 aromatic carbocycles. The highest BCUT2D eigenvalue weighted by atomic mass is 32.2. The number of nitrogens with two attached hydrogens (primary N) is 1. The van der Waals surface area contributed by atoms with Gasteiger partial charge in [-0.3, -0.25) is 5.10 Å². The van der Waals surface area contributed by atoms with Crippen molar-refractivity contribution in [3.05, 3.63) is 29.8 Å². The van der Waals surface area contributed by atoms with Gasteiger partial charge in [-0.25, -0.2) is 8.42 Å². The van der Waals surface area contributed by atoms with Crippen LogP contribution in [0.5, 0.6) is 0 Å². The van der Waals surface area contributed by atoms with Gasteiger partial charge >= 0.3 is 0 Å². The van der Waals surface area contributed by atoms with Crippen LogP contribution in [0.2, 0.25) is 0 Å². The van der Waals surface area contributed by atoms with Gasteiger partial charge in [-0.1, -0.05) is 6.07 Å². The van der Waals surface area contributed by atoms with Crippen LogP contribution in [0, 0.1) is 6.92 Å². The molecule has 5 nitrogen and oxygen atoms in total. The topological polar surface area (TPSA) is 88.8 Å². The highest BCUT2D eigenvalue weighted by molar-refractivity contribution is 7.90. The molecule has 0 aliphatic carbocycles. The van der Waals surface area contributed by atoms with Crippen molar-refractivity contribution < 1.29 is 8.42 Å². The molecule has 0 aliphatic rings. The van der Waals surface area contributed by atoms with Crippen molar-refractivity contribution in [2.24, 2.45) is 0 Å². The van der Waals surface area contributed by atoms with E-state index in [1.807, 2.05) is 0 Å². The van der Waals surface area contributed by atoms with E-state index in [1.165, 1.54) is 6.26 Å². The predicted molar refractivity (Wildman–Crippen MR) is 66.3 cm³/mol. The zero-order valence-corrected chi connectivity index (χ0v) is 10.4. The number of rotatable bonds is 2. The number of H-pyrrole nitrogens is 1. The van der Waals surface area contributed by atoms with Crippen LogP contribution in [-0.2, 0) is 9.84 Å². The minimum absolute atomic E-state index is 0.341. The van der Waals surface area contributed by atoms with Crippen LogP contribution in [-0.4, -0.2) is 24.9 Å². The number of nitrogens with zero attached hydrogens (tertiary/aromatic N) is 1. The molecule has 0 fully saturated rings. The van der Waals surface area contributed by atoms with E-state index in [2.05, 4.69) is 10.2 Å². The Hall–Kier alpha value is -1.82. The molecular formula is C11H13N3O2S. The maximum absolute atomic E-state index is 11.5. The summed E-state index contributed by atoms with van der Waals surface area (Å²) < 4.78 is 22.9. The molecule has 6 heteroatoms. The van der Waals surface area contributed by atoms with E-state index >= 15 is 0 Å². The molecule has 0 amide bonds. The number of nitrogens with one attached hydrogen (secondary N) is 1. The van der Waals surface area contributed by atoms with Crippen LogP contribution in [0.25, 0.3) is 11.3 Å². The number of benzene rings is 1. The number of hydrogen-bond donors (Lipinski definition) is 2. The van der Waals surface area contributed by atoms with Crippen LogP contribution in [0.4, 0.5) is 5.82 Å². The van der Waals surface area contributed by atoms with Crippen molar-refractivity contribution >= 4 is 15.7 Å². The first-order valence-corrected chi connectivity index (χ1v) is 6.89. The van der Waals surface area contributed by atoms with Gasteiger partial charge in [-0.2, -0.15) is 5.10 Å². The van der Waals surface area contributed by atoms with Crippen molar-refractivity contribution in [1.82, 2.24) is 10.2 Å². The Morgan fingerprint density at radius 3 is 2.47 bits per heavy atom. The number of hydrogen-bond acceptors (Lipinski definition) is 4. The van der Waals surface area contributed by atoms with E-state index in [9.17, 15) is 8.42 Å². The molecule has 0 bridgehead atoms. The second kappa shape index (κ2) is 3.89. The molecule has 3 N–H and O–H groups in total. The van der Waals surface area contributed by atoms with Crippen molar-refractivity contribution in [2.75, 3.05) is 12.0 Å². The van der Waals surface area contributed by atoms with Crippen LogP contribution in [0.15, 0.2) is 29.2 Å². The minimum Gasteiger partial charge on any atom is -0.382 e. The van der Waals surface area contributed by atoms with Gasteiger partial charge in [0, 0.05) is 12.3 Å². The molecule has 1 heterocycles. The monoisotopic (exact) mass is 251 g/mol. The van der Waals surface area contributed by atoms with Gasteiger partial charge in [0.25, 0.3) is 0 Å². The molecule has 17 heavy (non-hydrogen) atoms. The Bertz CT molecular complexity index is 659. The maximum Gasteiger partial charge on any atom is 0.175 e. The molecule has 2 aromatic rings. The van der Waals surface area contributed by atoms with Crippen LogP contribution < -0.4 is 5.73 Å². The van der Waals surface area contributed by atoms with E-state index in [0.29, 0.717) is 16.3 Å². The lowest BCUT2D eigenvalue weighted by atomic mass is 10.1. The summed E-state index contributed by atoms with van der Waals surface area (Å²) in [5, 5.41) is 6.61. The summed E-state index contributed by atoms with van der Waals surface area (Å²) in [7, 11) is -3.18. The van der Waals surface area contributed by atoms with E-state index < -0.39 is 9.84 Å². The van der Waals surface area contributed by atoms with E-state index in [1.54, 1.807) is 31.2 Å². The van der Waals surface area contributed by atoms with Gasteiger partial charge in [0.15, 0.2) is 9.84 Å². The smallest absolute Gasteiger partial charge is 0.175 e. The Morgan fingerprint density at radius 2 is 2.00 bits per heavy atom. The first-order valence-electron chi connectivity index (χ1n) is 5.00. The van der Waals surface area contributed by atoms with Gasteiger partial charge in [0.1, 0.15) is 5.82 Å². The lowest BCUT2D eigenvalue weighted by Crippen LogP contribution is -1.99. The van der Waals surface area contributed by atoms with Crippen LogP contribution in [0.1, 0.15) is 5.56 Å². The fourth-order valence-corrected chi connectivity index (χ4v) is 2.68. The summed E-state index contributed by atoms with van der Waals surface area (Å²) in [5.41, 5.74) is 7.85. The summed E-state index contributed by atoms with van der Waals surface area (Å²) in [5.74, 6) is 0.407. The third kappa shape index (κ3) is 2.31. The lowest BCUT2D eigenvalue weighted by Gasteiger charge is -2.05. The fourth-order valence-electron chi connectivity index (χ4n) is 1.72. The zero-order valence-electron chi connectivity index (χ0n) is 9.56. The molecule has 0 atom stereocenters. The molecule has 0 aliphatic heterocycles. The molecule has 0 unspecified atom stereocenters. The summed E-state index contributed by atoms with van der Waals surface area (Å²) >= 11 is 0. The van der Waals surface area contributed by atoms with Gasteiger partial charge < -0.3 is 5.73 Å². The van der Waals surface area contributed by atoms with E-state index in [0.717, 1.165) is 11.3 Å². The Balaban J connectivity index is 2.52. The normalized spacial score (nSPS) is 11.6. The van der Waals surface area contributed by atoms with Gasteiger partial charge in [-0.05, 0) is 30.2 Å². The molecular weight excluding hydrogens is 238 g/mol. The zero-order chi connectivity index (χ0) is 12.6. The molecule has 0 spiro atoms. The molecule has 0 radical (unpaired) electrons. The lowest BCUT2D eigenvalue weighted by molar-refractivity contribution is 0.601. The second-order valence-corrected chi connectivity index (χ2v) is 5.94. The second-order valence-electron chi connectivity index (χ2n) is 3.96. The number of aromatic amines is 1. The summed E-state index contributed by atoms with van der Waals surface area (Å²) in [6.45, 7) is 1.76. The van der Waals surface area contributed by atoms with Gasteiger partial charge in [-0.15, -0.1) is 0 Å². The molecule has 0 saturated heterocycles. The van der Waals surface area contributed by atoms with Crippen LogP contribution >= 0.6 is 0 Å². The predicted octanol–water partition coefficient (Wildman–Crippen LogP) is 1.37. The van der Waals surface area contributed by atoms with Gasteiger partial charge in [0.05, 0.1) is 10.6 Å². The van der Waals surface area contributed by atoms with E-state index in [-0.39, 0.29) is 0 Å². The van der Waals surface area contributed by atoms with Crippen LogP contribution in [0.3, 0.4) is 0 Å². The third-order valence-corrected chi connectivity index (χ3v) is 3.74. The van der Waals surface area contributed by atoms with Crippen molar-refractivity contribution in [1.29, 1.82) is 0 Å². The third-order valence-electron chi connectivity index (χ3n) is 2.48. The van der Waals surface area contributed by atoms with E-state index in [4.69, 9.17) is 5.73 Å². The number of aryl methyl sites for hydroxylation is 1. The Morgan fingerprint density at radius 1 is 1.29 bits per heavy atom. The average Bonchev–Trinajstić information content (AvgIpc) is 2.62. The number of anilines is 1. The summed E-state index contributed by atoms with van der Waals surface area (Å²) in [6, 6.07) is 6.82. The highest BCUT2D eigenvalue weighted by Gasteiger charge is 2.11. The Kier molecular flexibility index (Phi) is 2.66. The van der Waals surface area contributed by atoms with Crippen molar-refractivity contribution in [3.63, 3.8) is 0 Å². The maximum atomic E-state index is 11.5. The highest BCUT2D eigenvalue weighted by Crippen LogP contribution is 2.23. The standard InChI is InChI=1S/C11H13N3O2S/c1-7-5-8(9-6-11(12)14-13-9)3-4-10(7)17(2,15)16/h3-6H,1-2H3,(H3,12,13,14). The van der Waals surface area contributed by atoms with Crippen molar-refractivity contribution in [3.8, 4) is 11.3 Å². The SMILES string of the molecule is Cc1cc(-c2cc(N)n[nH]2)ccc1S(C)(=O)=O. The average molecular weight is 251 g/mol. The largest absolute Gasteiger partial charge is 0.382 e. The van der Waals surface area contributed by atoms with Gasteiger partial charge in [0.2, 0.25) is 0 Å². The number of aromatic nitrogens is 2. The Labute approximate surface area is 99.6 Å². The summed E-state index contributed by atoms with van der Waals surface area (Å²) in [4.78, 5) is 0.341.